The molecule has 6 nitrogen and oxygen atoms in total. The van der Waals surface area contributed by atoms with Crippen molar-refractivity contribution in [1.29, 1.82) is 0 Å². The van der Waals surface area contributed by atoms with Crippen molar-refractivity contribution < 1.29 is 0 Å². The van der Waals surface area contributed by atoms with Crippen molar-refractivity contribution in [3.63, 3.8) is 0 Å². The molecule has 1 aromatic heterocycles. The van der Waals surface area contributed by atoms with Gasteiger partial charge >= 0.3 is 0 Å². The number of hydrogen-bond acceptors (Lipinski definition) is 5. The summed E-state index contributed by atoms with van der Waals surface area (Å²) in [6, 6.07) is 0. The number of aromatic amines is 1. The van der Waals surface area contributed by atoms with E-state index in [0.29, 0.717) is 11.6 Å². The summed E-state index contributed by atoms with van der Waals surface area (Å²) in [5, 5.41) is 3.75. The lowest BCUT2D eigenvalue weighted by molar-refractivity contribution is 0.238. The standard InChI is InChI=1S/C11H17ClN6/c12-7-3-15-9-8(7)10(17-6-16-9)18-2-1-11(14,4-13)5-18/h3,6,10,15H,1-2,4-5,13-14H2,(H,16,17)/t10-,11-/m0/s1. The van der Waals surface area contributed by atoms with Crippen molar-refractivity contribution in [2.24, 2.45) is 16.5 Å². The summed E-state index contributed by atoms with van der Waals surface area (Å²) in [4.78, 5) is 9.80. The van der Waals surface area contributed by atoms with Gasteiger partial charge in [0, 0.05) is 31.4 Å². The van der Waals surface area contributed by atoms with E-state index in [0.717, 1.165) is 30.9 Å². The number of aliphatic imine (C=N–C) groups is 1. The van der Waals surface area contributed by atoms with Crippen LogP contribution < -0.4 is 16.8 Å². The molecule has 0 aliphatic carbocycles. The van der Waals surface area contributed by atoms with Gasteiger partial charge < -0.3 is 21.8 Å². The highest BCUT2D eigenvalue weighted by molar-refractivity contribution is 6.32. The molecular formula is C11H17ClN6. The Bertz CT molecular complexity index is 484. The van der Waals surface area contributed by atoms with Crippen LogP contribution in [0.5, 0.6) is 0 Å². The zero-order valence-electron chi connectivity index (χ0n) is 9.99. The van der Waals surface area contributed by atoms with Crippen LogP contribution in [0.3, 0.4) is 0 Å². The SMILES string of the molecule is NC[C@@]1(N)CCN([C@@H]2N=CNc3[nH]cc(Cl)c32)C1. The lowest BCUT2D eigenvalue weighted by Gasteiger charge is -2.29. The first-order valence-electron chi connectivity index (χ1n) is 6.01. The van der Waals surface area contributed by atoms with Crippen LogP contribution >= 0.6 is 11.6 Å². The van der Waals surface area contributed by atoms with E-state index in [9.17, 15) is 0 Å². The van der Waals surface area contributed by atoms with Crippen LogP contribution in [0.15, 0.2) is 11.2 Å². The maximum Gasteiger partial charge on any atom is 0.134 e. The molecule has 3 rings (SSSR count). The summed E-state index contributed by atoms with van der Waals surface area (Å²) in [6.45, 7) is 2.12. The topological polar surface area (TPSA) is 95.5 Å². The number of nitrogens with zero attached hydrogens (tertiary/aromatic N) is 2. The molecule has 1 fully saturated rings. The Morgan fingerprint density at radius 3 is 3.17 bits per heavy atom. The number of hydrogen-bond donors (Lipinski definition) is 4. The maximum atomic E-state index is 6.21. The smallest absolute Gasteiger partial charge is 0.134 e. The fourth-order valence-electron chi connectivity index (χ4n) is 2.61. The van der Waals surface area contributed by atoms with E-state index >= 15 is 0 Å². The van der Waals surface area contributed by atoms with Crippen LogP contribution in [0.4, 0.5) is 5.82 Å². The number of anilines is 1. The van der Waals surface area contributed by atoms with E-state index in [-0.39, 0.29) is 11.7 Å². The molecule has 0 bridgehead atoms. The van der Waals surface area contributed by atoms with Crippen molar-refractivity contribution >= 4 is 23.8 Å². The van der Waals surface area contributed by atoms with Gasteiger partial charge in [0.25, 0.3) is 0 Å². The highest BCUT2D eigenvalue weighted by atomic mass is 35.5. The number of likely N-dealkylation sites (tertiary alicyclic amines) is 1. The summed E-state index contributed by atoms with van der Waals surface area (Å²) in [5.74, 6) is 0.905. The second kappa shape index (κ2) is 4.24. The van der Waals surface area contributed by atoms with Crippen molar-refractivity contribution in [2.45, 2.75) is 18.1 Å². The number of nitrogens with two attached hydrogens (primary N) is 2. The molecule has 6 N–H and O–H groups in total. The average Bonchev–Trinajstić information content (AvgIpc) is 2.95. The molecule has 18 heavy (non-hydrogen) atoms. The van der Waals surface area contributed by atoms with Gasteiger partial charge in [-0.2, -0.15) is 0 Å². The minimum atomic E-state index is -0.302. The molecule has 0 saturated carbocycles. The van der Waals surface area contributed by atoms with E-state index in [2.05, 4.69) is 20.2 Å². The Balaban J connectivity index is 1.87. The van der Waals surface area contributed by atoms with E-state index < -0.39 is 0 Å². The third-order valence-corrected chi connectivity index (χ3v) is 4.03. The normalized spacial score (nSPS) is 31.4. The van der Waals surface area contributed by atoms with Gasteiger partial charge in [-0.25, -0.2) is 0 Å². The van der Waals surface area contributed by atoms with E-state index in [1.807, 2.05) is 0 Å². The Labute approximate surface area is 110 Å². The Kier molecular flexibility index (Phi) is 2.82. The number of nitrogens with one attached hydrogen (secondary N) is 2. The molecule has 0 radical (unpaired) electrons. The monoisotopic (exact) mass is 268 g/mol. The molecular weight excluding hydrogens is 252 g/mol. The highest BCUT2D eigenvalue weighted by Crippen LogP contribution is 2.38. The van der Waals surface area contributed by atoms with Crippen molar-refractivity contribution in [1.82, 2.24) is 9.88 Å². The summed E-state index contributed by atoms with van der Waals surface area (Å²) in [6.07, 6.45) is 4.28. The van der Waals surface area contributed by atoms with Gasteiger partial charge in [0.05, 0.1) is 16.9 Å². The molecule has 2 aliphatic rings. The van der Waals surface area contributed by atoms with E-state index in [1.54, 1.807) is 12.5 Å². The number of halogens is 1. The first-order chi connectivity index (χ1) is 8.63. The zero-order valence-corrected chi connectivity index (χ0v) is 10.7. The Morgan fingerprint density at radius 2 is 2.44 bits per heavy atom. The van der Waals surface area contributed by atoms with Crippen molar-refractivity contribution in [3.05, 3.63) is 16.8 Å². The van der Waals surface area contributed by atoms with Crippen LogP contribution in [-0.2, 0) is 0 Å². The van der Waals surface area contributed by atoms with Gasteiger partial charge in [-0.3, -0.25) is 9.89 Å². The van der Waals surface area contributed by atoms with Crippen molar-refractivity contribution in [3.8, 4) is 0 Å². The fraction of sp³-hybridized carbons (Fsp3) is 0.545. The minimum absolute atomic E-state index is 0.0722. The molecule has 2 atom stereocenters. The first kappa shape index (κ1) is 12.0. The molecule has 0 aromatic carbocycles. The molecule has 3 heterocycles. The van der Waals surface area contributed by atoms with Crippen LogP contribution in [0, 0.1) is 0 Å². The molecule has 0 amide bonds. The van der Waals surface area contributed by atoms with Gasteiger partial charge in [0.2, 0.25) is 0 Å². The zero-order chi connectivity index (χ0) is 12.8. The Hall–Kier alpha value is -1.08. The van der Waals surface area contributed by atoms with Crippen LogP contribution in [0.1, 0.15) is 18.2 Å². The van der Waals surface area contributed by atoms with Crippen LogP contribution in [0.25, 0.3) is 0 Å². The quantitative estimate of drug-likeness (QED) is 0.627. The van der Waals surface area contributed by atoms with E-state index in [4.69, 9.17) is 23.1 Å². The lowest BCUT2D eigenvalue weighted by Crippen LogP contribution is -2.49. The Morgan fingerprint density at radius 1 is 1.61 bits per heavy atom. The molecule has 1 aromatic rings. The molecule has 98 valence electrons. The molecule has 7 heteroatoms. The third kappa shape index (κ3) is 1.81. The summed E-state index contributed by atoms with van der Waals surface area (Å²) < 4.78 is 0. The summed E-state index contributed by atoms with van der Waals surface area (Å²) in [7, 11) is 0. The molecule has 1 saturated heterocycles. The predicted octanol–water partition coefficient (Wildman–Crippen LogP) is 0.482. The van der Waals surface area contributed by atoms with E-state index in [1.165, 1.54) is 0 Å². The van der Waals surface area contributed by atoms with Crippen LogP contribution in [-0.4, -0.2) is 41.4 Å². The molecule has 0 spiro atoms. The number of rotatable bonds is 2. The summed E-state index contributed by atoms with van der Waals surface area (Å²) >= 11 is 6.21. The highest BCUT2D eigenvalue weighted by Gasteiger charge is 2.38. The predicted molar refractivity (Wildman–Crippen MR) is 72.8 cm³/mol. The van der Waals surface area contributed by atoms with Crippen molar-refractivity contribution in [2.75, 3.05) is 25.0 Å². The minimum Gasteiger partial charge on any atom is -0.346 e. The number of fused-ring (bicyclic) bond motifs is 1. The van der Waals surface area contributed by atoms with Crippen LogP contribution in [0.2, 0.25) is 5.02 Å². The van der Waals surface area contributed by atoms with Gasteiger partial charge in [0.1, 0.15) is 12.0 Å². The van der Waals surface area contributed by atoms with Gasteiger partial charge in [-0.05, 0) is 6.42 Å². The number of aromatic nitrogens is 1. The molecule has 2 aliphatic heterocycles. The third-order valence-electron chi connectivity index (χ3n) is 3.72. The number of H-pyrrole nitrogens is 1. The largest absolute Gasteiger partial charge is 0.346 e. The van der Waals surface area contributed by atoms with Gasteiger partial charge in [0.15, 0.2) is 0 Å². The first-order valence-corrected chi connectivity index (χ1v) is 6.39. The second-order valence-corrected chi connectivity index (χ2v) is 5.42. The average molecular weight is 269 g/mol. The maximum absolute atomic E-state index is 6.21. The second-order valence-electron chi connectivity index (χ2n) is 5.01. The van der Waals surface area contributed by atoms with Gasteiger partial charge in [-0.15, -0.1) is 0 Å². The lowest BCUT2D eigenvalue weighted by atomic mass is 10.0. The summed E-state index contributed by atoms with van der Waals surface area (Å²) in [5.41, 5.74) is 12.6. The van der Waals surface area contributed by atoms with Gasteiger partial charge in [-0.1, -0.05) is 11.6 Å². The fourth-order valence-corrected chi connectivity index (χ4v) is 2.86. The molecule has 0 unspecified atom stereocenters.